The molecule has 0 radical (unpaired) electrons. The van der Waals surface area contributed by atoms with Crippen LogP contribution in [0.4, 0.5) is 0 Å². The van der Waals surface area contributed by atoms with Gasteiger partial charge >= 0.3 is 5.97 Å². The molecular formula is C14H24O2. The predicted molar refractivity (Wildman–Crippen MR) is 68.3 cm³/mol. The summed E-state index contributed by atoms with van der Waals surface area (Å²) in [6.07, 6.45) is 8.65. The quantitative estimate of drug-likeness (QED) is 0.371. The van der Waals surface area contributed by atoms with E-state index in [4.69, 9.17) is 4.74 Å². The highest BCUT2D eigenvalue weighted by molar-refractivity contribution is 5.65. The molecule has 0 aliphatic carbocycles. The number of hydrogen-bond donors (Lipinski definition) is 0. The Morgan fingerprint density at radius 1 is 1.06 bits per heavy atom. The average Bonchev–Trinajstić information content (AvgIpc) is 2.16. The second-order valence-corrected chi connectivity index (χ2v) is 4.35. The average molecular weight is 224 g/mol. The molecule has 0 aromatic heterocycles. The van der Waals surface area contributed by atoms with Gasteiger partial charge in [0.25, 0.3) is 0 Å². The Kier molecular flexibility index (Phi) is 8.59. The number of allylic oxidation sites excluding steroid dienone is 4. The van der Waals surface area contributed by atoms with Crippen molar-refractivity contribution in [2.24, 2.45) is 0 Å². The first-order valence-electron chi connectivity index (χ1n) is 5.94. The summed E-state index contributed by atoms with van der Waals surface area (Å²) in [5.41, 5.74) is 2.79. The van der Waals surface area contributed by atoms with Crippen LogP contribution in [0.25, 0.3) is 0 Å². The van der Waals surface area contributed by atoms with Gasteiger partial charge in [0.2, 0.25) is 0 Å². The summed E-state index contributed by atoms with van der Waals surface area (Å²) in [6.45, 7) is 8.38. The Labute approximate surface area is 99.4 Å². The van der Waals surface area contributed by atoms with Gasteiger partial charge in [0.15, 0.2) is 0 Å². The van der Waals surface area contributed by atoms with Crippen molar-refractivity contribution in [3.63, 3.8) is 0 Å². The molecule has 0 aromatic carbocycles. The molecule has 0 saturated heterocycles. The summed E-state index contributed by atoms with van der Waals surface area (Å²) in [5.74, 6) is -0.191. The van der Waals surface area contributed by atoms with Crippen molar-refractivity contribution in [1.29, 1.82) is 0 Å². The Morgan fingerprint density at radius 3 is 2.31 bits per heavy atom. The SMILES string of the molecule is CC(=O)OCCCC=C(C)CCC=C(C)C. The minimum Gasteiger partial charge on any atom is -0.466 e. The molecule has 0 spiro atoms. The van der Waals surface area contributed by atoms with Crippen molar-refractivity contribution < 1.29 is 9.53 Å². The van der Waals surface area contributed by atoms with Gasteiger partial charge in [0.05, 0.1) is 6.61 Å². The van der Waals surface area contributed by atoms with Crippen LogP contribution < -0.4 is 0 Å². The fourth-order valence-electron chi connectivity index (χ4n) is 1.34. The van der Waals surface area contributed by atoms with E-state index in [1.807, 2.05) is 0 Å². The standard InChI is InChI=1S/C14H24O2/c1-12(2)8-7-10-13(3)9-5-6-11-16-14(4)15/h8-9H,5-7,10-11H2,1-4H3. The first-order chi connectivity index (χ1) is 7.52. The molecule has 0 saturated carbocycles. The maximum Gasteiger partial charge on any atom is 0.302 e. The third-order valence-electron chi connectivity index (χ3n) is 2.24. The molecule has 0 rings (SSSR count). The summed E-state index contributed by atoms with van der Waals surface area (Å²) in [4.78, 5) is 10.5. The van der Waals surface area contributed by atoms with E-state index < -0.39 is 0 Å². The second kappa shape index (κ2) is 9.20. The van der Waals surface area contributed by atoms with Crippen LogP contribution in [0.2, 0.25) is 0 Å². The van der Waals surface area contributed by atoms with Crippen molar-refractivity contribution in [1.82, 2.24) is 0 Å². The third kappa shape index (κ3) is 11.0. The van der Waals surface area contributed by atoms with Crippen LogP contribution in [0.5, 0.6) is 0 Å². The number of esters is 1. The summed E-state index contributed by atoms with van der Waals surface area (Å²) in [5, 5.41) is 0. The number of carbonyl (C=O) groups is 1. The Balaban J connectivity index is 3.55. The van der Waals surface area contributed by atoms with Crippen molar-refractivity contribution in [2.75, 3.05) is 6.61 Å². The van der Waals surface area contributed by atoms with Crippen LogP contribution in [-0.2, 0) is 9.53 Å². The van der Waals surface area contributed by atoms with Gasteiger partial charge in [-0.1, -0.05) is 23.3 Å². The number of hydrogen-bond acceptors (Lipinski definition) is 2. The smallest absolute Gasteiger partial charge is 0.302 e. The molecule has 0 heterocycles. The molecule has 2 nitrogen and oxygen atoms in total. The molecule has 0 amide bonds. The Morgan fingerprint density at radius 2 is 1.75 bits per heavy atom. The van der Waals surface area contributed by atoms with Gasteiger partial charge in [-0.2, -0.15) is 0 Å². The lowest BCUT2D eigenvalue weighted by Gasteiger charge is -2.01. The van der Waals surface area contributed by atoms with Gasteiger partial charge in [-0.15, -0.1) is 0 Å². The molecule has 2 heteroatoms. The summed E-state index contributed by atoms with van der Waals surface area (Å²) >= 11 is 0. The van der Waals surface area contributed by atoms with Crippen LogP contribution in [0.15, 0.2) is 23.3 Å². The van der Waals surface area contributed by atoms with Gasteiger partial charge in [0.1, 0.15) is 0 Å². The van der Waals surface area contributed by atoms with E-state index in [0.29, 0.717) is 6.61 Å². The number of carbonyl (C=O) groups excluding carboxylic acids is 1. The minimum absolute atomic E-state index is 0.191. The lowest BCUT2D eigenvalue weighted by atomic mass is 10.1. The first kappa shape index (κ1) is 14.9. The van der Waals surface area contributed by atoms with E-state index in [9.17, 15) is 4.79 Å². The third-order valence-corrected chi connectivity index (χ3v) is 2.24. The zero-order chi connectivity index (χ0) is 12.4. The lowest BCUT2D eigenvalue weighted by molar-refractivity contribution is -0.141. The zero-order valence-corrected chi connectivity index (χ0v) is 11.0. The molecular weight excluding hydrogens is 200 g/mol. The molecule has 0 aliphatic heterocycles. The maximum atomic E-state index is 10.5. The van der Waals surface area contributed by atoms with Crippen molar-refractivity contribution >= 4 is 5.97 Å². The molecule has 0 aromatic rings. The largest absolute Gasteiger partial charge is 0.466 e. The van der Waals surface area contributed by atoms with Crippen LogP contribution >= 0.6 is 0 Å². The maximum absolute atomic E-state index is 10.5. The molecule has 0 aliphatic rings. The highest BCUT2D eigenvalue weighted by atomic mass is 16.5. The van der Waals surface area contributed by atoms with Crippen molar-refractivity contribution in [3.05, 3.63) is 23.3 Å². The van der Waals surface area contributed by atoms with Gasteiger partial charge < -0.3 is 4.74 Å². The van der Waals surface area contributed by atoms with Crippen molar-refractivity contribution in [2.45, 2.75) is 53.4 Å². The van der Waals surface area contributed by atoms with Gasteiger partial charge in [-0.3, -0.25) is 4.79 Å². The zero-order valence-electron chi connectivity index (χ0n) is 11.0. The summed E-state index contributed by atoms with van der Waals surface area (Å²) < 4.78 is 4.86. The summed E-state index contributed by atoms with van der Waals surface area (Å²) in [6, 6.07) is 0. The summed E-state index contributed by atoms with van der Waals surface area (Å²) in [7, 11) is 0. The van der Waals surface area contributed by atoms with Gasteiger partial charge in [-0.05, 0) is 46.5 Å². The molecule has 0 N–H and O–H groups in total. The van der Waals surface area contributed by atoms with Crippen LogP contribution in [0, 0.1) is 0 Å². The van der Waals surface area contributed by atoms with E-state index in [-0.39, 0.29) is 5.97 Å². The highest BCUT2D eigenvalue weighted by Crippen LogP contribution is 2.08. The van der Waals surface area contributed by atoms with E-state index in [0.717, 1.165) is 25.7 Å². The van der Waals surface area contributed by atoms with Crippen LogP contribution in [-0.4, -0.2) is 12.6 Å². The Hall–Kier alpha value is -1.05. The van der Waals surface area contributed by atoms with Gasteiger partial charge in [-0.25, -0.2) is 0 Å². The van der Waals surface area contributed by atoms with Crippen LogP contribution in [0.3, 0.4) is 0 Å². The number of unbranched alkanes of at least 4 members (excludes halogenated alkanes) is 1. The fourth-order valence-corrected chi connectivity index (χ4v) is 1.34. The monoisotopic (exact) mass is 224 g/mol. The van der Waals surface area contributed by atoms with E-state index in [1.165, 1.54) is 18.1 Å². The molecule has 0 bridgehead atoms. The molecule has 0 atom stereocenters. The van der Waals surface area contributed by atoms with E-state index in [2.05, 4.69) is 32.9 Å². The lowest BCUT2D eigenvalue weighted by Crippen LogP contribution is -1.99. The minimum atomic E-state index is -0.191. The van der Waals surface area contributed by atoms with Crippen molar-refractivity contribution in [3.8, 4) is 0 Å². The van der Waals surface area contributed by atoms with E-state index in [1.54, 1.807) is 0 Å². The Bertz CT molecular complexity index is 258. The van der Waals surface area contributed by atoms with Crippen LogP contribution in [0.1, 0.15) is 53.4 Å². The predicted octanol–water partition coefficient (Wildman–Crippen LogP) is 4.02. The molecule has 0 fully saturated rings. The van der Waals surface area contributed by atoms with Gasteiger partial charge in [0, 0.05) is 6.92 Å². The second-order valence-electron chi connectivity index (χ2n) is 4.35. The molecule has 0 unspecified atom stereocenters. The van der Waals surface area contributed by atoms with E-state index >= 15 is 0 Å². The normalized spacial score (nSPS) is 11.1. The number of rotatable bonds is 7. The number of ether oxygens (including phenoxy) is 1. The first-order valence-corrected chi connectivity index (χ1v) is 5.94. The highest BCUT2D eigenvalue weighted by Gasteiger charge is 1.92. The molecule has 92 valence electrons. The fraction of sp³-hybridized carbons (Fsp3) is 0.643. The topological polar surface area (TPSA) is 26.3 Å². The molecule has 16 heavy (non-hydrogen) atoms.